The van der Waals surface area contributed by atoms with E-state index in [1.54, 1.807) is 0 Å². The smallest absolute Gasteiger partial charge is 0.249 e. The van der Waals surface area contributed by atoms with Gasteiger partial charge in [0.25, 0.3) is 0 Å². The standard InChI is InChI=1S/C26H26Br2N2O/c27-21-5-1-19(2-6-21)23-12-24(20-3-7-22(28)8-4-20)30(29-23)25(31)26-13-16-9-17(14-26)11-18(10-16)15-26/h1-8,16-18,24H,9-15H2. The largest absolute Gasteiger partial charge is 0.272 e. The first-order valence-corrected chi connectivity index (χ1v) is 13.0. The second kappa shape index (κ2) is 7.55. The van der Waals surface area contributed by atoms with Crippen LogP contribution < -0.4 is 0 Å². The molecule has 4 fully saturated rings. The zero-order valence-electron chi connectivity index (χ0n) is 17.4. The van der Waals surface area contributed by atoms with Crippen LogP contribution in [0.4, 0.5) is 0 Å². The molecule has 1 atom stereocenters. The highest BCUT2D eigenvalue weighted by Gasteiger charge is 2.57. The number of benzene rings is 2. The third-order valence-corrected chi connectivity index (χ3v) is 9.10. The van der Waals surface area contributed by atoms with Gasteiger partial charge in [-0.2, -0.15) is 5.10 Å². The van der Waals surface area contributed by atoms with Crippen LogP contribution in [0.3, 0.4) is 0 Å². The molecule has 4 saturated carbocycles. The third kappa shape index (κ3) is 3.52. The Morgan fingerprint density at radius 2 is 1.35 bits per heavy atom. The first-order valence-electron chi connectivity index (χ1n) is 11.4. The summed E-state index contributed by atoms with van der Waals surface area (Å²) in [5.74, 6) is 2.53. The summed E-state index contributed by atoms with van der Waals surface area (Å²) < 4.78 is 2.11. The minimum atomic E-state index is -0.180. The highest BCUT2D eigenvalue weighted by molar-refractivity contribution is 9.10. The average molecular weight is 542 g/mol. The maximum absolute atomic E-state index is 14.2. The third-order valence-electron chi connectivity index (χ3n) is 8.04. The van der Waals surface area contributed by atoms with E-state index in [9.17, 15) is 4.79 Å². The van der Waals surface area contributed by atoms with E-state index in [1.807, 2.05) is 5.01 Å². The summed E-state index contributed by atoms with van der Waals surface area (Å²) in [7, 11) is 0. The second-order valence-corrected chi connectivity index (χ2v) is 12.0. The van der Waals surface area contributed by atoms with Gasteiger partial charge in [0.05, 0.1) is 17.2 Å². The van der Waals surface area contributed by atoms with Gasteiger partial charge < -0.3 is 0 Å². The monoisotopic (exact) mass is 540 g/mol. The van der Waals surface area contributed by atoms with Gasteiger partial charge in [-0.25, -0.2) is 5.01 Å². The van der Waals surface area contributed by atoms with Gasteiger partial charge in [-0.05, 0) is 91.7 Å². The second-order valence-electron chi connectivity index (χ2n) is 10.2. The fourth-order valence-electron chi connectivity index (χ4n) is 7.07. The fraction of sp³-hybridized carbons (Fsp3) is 0.462. The number of hydrogen-bond acceptors (Lipinski definition) is 2. The lowest BCUT2D eigenvalue weighted by molar-refractivity contribution is -0.159. The predicted molar refractivity (Wildman–Crippen MR) is 130 cm³/mol. The van der Waals surface area contributed by atoms with Crippen molar-refractivity contribution in [1.82, 2.24) is 5.01 Å². The van der Waals surface area contributed by atoms with Crippen LogP contribution in [0.5, 0.6) is 0 Å². The summed E-state index contributed by atoms with van der Waals surface area (Å²) in [6, 6.07) is 16.7. The number of amides is 1. The maximum Gasteiger partial charge on any atom is 0.249 e. The average Bonchev–Trinajstić information content (AvgIpc) is 3.18. The van der Waals surface area contributed by atoms with Gasteiger partial charge in [-0.1, -0.05) is 56.1 Å². The first kappa shape index (κ1) is 20.2. The molecule has 4 aliphatic carbocycles. The molecule has 2 aromatic rings. The highest BCUT2D eigenvalue weighted by Crippen LogP contribution is 2.61. The summed E-state index contributed by atoms with van der Waals surface area (Å²) in [4.78, 5) is 14.2. The molecule has 5 heteroatoms. The van der Waals surface area contributed by atoms with Crippen LogP contribution in [0.25, 0.3) is 0 Å². The molecular weight excluding hydrogens is 516 g/mol. The van der Waals surface area contributed by atoms with E-state index in [1.165, 1.54) is 19.3 Å². The maximum atomic E-state index is 14.2. The molecule has 3 nitrogen and oxygen atoms in total. The number of hydrazone groups is 1. The molecule has 1 aliphatic heterocycles. The van der Waals surface area contributed by atoms with Gasteiger partial charge in [0.1, 0.15) is 0 Å². The van der Waals surface area contributed by atoms with Crippen molar-refractivity contribution in [2.24, 2.45) is 28.3 Å². The summed E-state index contributed by atoms with van der Waals surface area (Å²) in [5, 5.41) is 6.88. The van der Waals surface area contributed by atoms with Crippen molar-refractivity contribution in [3.05, 3.63) is 68.6 Å². The van der Waals surface area contributed by atoms with E-state index < -0.39 is 0 Å². The van der Waals surface area contributed by atoms with Crippen molar-refractivity contribution in [2.75, 3.05) is 0 Å². The van der Waals surface area contributed by atoms with Crippen molar-refractivity contribution in [3.8, 4) is 0 Å². The molecule has 31 heavy (non-hydrogen) atoms. The number of halogens is 2. The molecule has 0 spiro atoms. The Morgan fingerprint density at radius 3 is 1.90 bits per heavy atom. The van der Waals surface area contributed by atoms with E-state index >= 15 is 0 Å². The number of carbonyl (C=O) groups excluding carboxylic acids is 1. The van der Waals surface area contributed by atoms with Crippen molar-refractivity contribution in [3.63, 3.8) is 0 Å². The molecule has 2 aromatic carbocycles. The molecule has 160 valence electrons. The van der Waals surface area contributed by atoms with Crippen LogP contribution in [0.1, 0.15) is 62.1 Å². The zero-order valence-corrected chi connectivity index (χ0v) is 20.6. The summed E-state index contributed by atoms with van der Waals surface area (Å²) in [6.45, 7) is 0. The number of rotatable bonds is 3. The van der Waals surface area contributed by atoms with Crippen LogP contribution in [0, 0.1) is 23.2 Å². The molecule has 0 saturated heterocycles. The fourth-order valence-corrected chi connectivity index (χ4v) is 7.60. The molecule has 1 heterocycles. The number of hydrogen-bond donors (Lipinski definition) is 0. The molecule has 0 radical (unpaired) electrons. The molecule has 0 aromatic heterocycles. The van der Waals surface area contributed by atoms with E-state index in [-0.39, 0.29) is 17.4 Å². The van der Waals surface area contributed by atoms with Gasteiger partial charge in [0.15, 0.2) is 0 Å². The Labute approximate surface area is 200 Å². The Morgan fingerprint density at radius 1 is 0.839 bits per heavy atom. The van der Waals surface area contributed by atoms with E-state index in [4.69, 9.17) is 5.10 Å². The lowest BCUT2D eigenvalue weighted by Crippen LogP contribution is -2.53. The van der Waals surface area contributed by atoms with Gasteiger partial charge in [0.2, 0.25) is 5.91 Å². The van der Waals surface area contributed by atoms with Crippen molar-refractivity contribution >= 4 is 43.5 Å². The zero-order chi connectivity index (χ0) is 21.2. The van der Waals surface area contributed by atoms with Crippen molar-refractivity contribution in [1.29, 1.82) is 0 Å². The van der Waals surface area contributed by atoms with Crippen LogP contribution in [0.15, 0.2) is 62.6 Å². The minimum Gasteiger partial charge on any atom is -0.272 e. The van der Waals surface area contributed by atoms with Gasteiger partial charge >= 0.3 is 0 Å². The Hall–Kier alpha value is -1.46. The normalized spacial score (nSPS) is 33.6. The number of nitrogens with zero attached hydrogens (tertiary/aromatic N) is 2. The molecule has 1 unspecified atom stereocenters. The van der Waals surface area contributed by atoms with Gasteiger partial charge in [0, 0.05) is 15.4 Å². The van der Waals surface area contributed by atoms with E-state index in [0.717, 1.165) is 69.2 Å². The first-order chi connectivity index (χ1) is 15.0. The lowest BCUT2D eigenvalue weighted by atomic mass is 9.49. The molecule has 1 amide bonds. The topological polar surface area (TPSA) is 32.7 Å². The van der Waals surface area contributed by atoms with Crippen molar-refractivity contribution in [2.45, 2.75) is 51.0 Å². The SMILES string of the molecule is O=C(N1N=C(c2ccc(Br)cc2)CC1c1ccc(Br)cc1)C12CC3CC(CC(C3)C1)C2. The molecular formula is C26H26Br2N2O. The molecule has 5 aliphatic rings. The molecule has 4 bridgehead atoms. The van der Waals surface area contributed by atoms with E-state index in [0.29, 0.717) is 0 Å². The van der Waals surface area contributed by atoms with Gasteiger partial charge in [-0.15, -0.1) is 0 Å². The molecule has 0 N–H and O–H groups in total. The van der Waals surface area contributed by atoms with E-state index in [2.05, 4.69) is 80.4 Å². The van der Waals surface area contributed by atoms with Crippen LogP contribution in [0.2, 0.25) is 0 Å². The predicted octanol–water partition coefficient (Wildman–Crippen LogP) is 7.11. The minimum absolute atomic E-state index is 0.0211. The van der Waals surface area contributed by atoms with Gasteiger partial charge in [-0.3, -0.25) is 4.79 Å². The Kier molecular flexibility index (Phi) is 4.91. The Bertz CT molecular complexity index is 1010. The number of carbonyl (C=O) groups is 1. The van der Waals surface area contributed by atoms with Crippen LogP contribution >= 0.6 is 31.9 Å². The van der Waals surface area contributed by atoms with Crippen LogP contribution in [-0.4, -0.2) is 16.6 Å². The highest BCUT2D eigenvalue weighted by atomic mass is 79.9. The van der Waals surface area contributed by atoms with Crippen LogP contribution in [-0.2, 0) is 4.79 Å². The summed E-state index contributed by atoms with van der Waals surface area (Å²) >= 11 is 7.07. The van der Waals surface area contributed by atoms with Crippen molar-refractivity contribution < 1.29 is 4.79 Å². The quantitative estimate of drug-likeness (QED) is 0.407. The summed E-state index contributed by atoms with van der Waals surface area (Å²) in [6.07, 6.45) is 8.02. The summed E-state index contributed by atoms with van der Waals surface area (Å²) in [5.41, 5.74) is 3.10. The Balaban J connectivity index is 1.37. The molecule has 7 rings (SSSR count). The lowest BCUT2D eigenvalue weighted by Gasteiger charge is -2.56.